The maximum absolute atomic E-state index is 12.0. The predicted molar refractivity (Wildman–Crippen MR) is 38.0 cm³/mol. The van der Waals surface area contributed by atoms with Gasteiger partial charge in [-0.05, 0) is 0 Å². The van der Waals surface area contributed by atoms with Gasteiger partial charge >= 0.3 is 6.08 Å². The van der Waals surface area contributed by atoms with Crippen LogP contribution in [-0.4, -0.2) is 20.6 Å². The summed E-state index contributed by atoms with van der Waals surface area (Å²) in [5.41, 5.74) is 0. The summed E-state index contributed by atoms with van der Waals surface area (Å²) >= 11 is 0. The van der Waals surface area contributed by atoms with Gasteiger partial charge in [-0.1, -0.05) is 0 Å². The van der Waals surface area contributed by atoms with Crippen LogP contribution in [-0.2, 0) is 14.8 Å². The molecule has 0 saturated carbocycles. The summed E-state index contributed by atoms with van der Waals surface area (Å²) in [5, 5.41) is 0. The molecule has 0 aliphatic carbocycles. The second-order valence-corrected chi connectivity index (χ2v) is 3.89. The molecule has 4 nitrogen and oxygen atoms in total. The van der Waals surface area contributed by atoms with Crippen molar-refractivity contribution in [3.8, 4) is 0 Å². The van der Waals surface area contributed by atoms with Crippen LogP contribution in [0, 0.1) is 0 Å². The molecule has 0 aromatic heterocycles. The van der Waals surface area contributed by atoms with Crippen LogP contribution >= 0.6 is 0 Å². The van der Waals surface area contributed by atoms with Crippen LogP contribution < -0.4 is 4.72 Å². The lowest BCUT2D eigenvalue weighted by molar-refractivity contribution is -0.119. The van der Waals surface area contributed by atoms with Crippen molar-refractivity contribution in [2.24, 2.45) is 0 Å². The van der Waals surface area contributed by atoms with Crippen LogP contribution in [0.1, 0.15) is 6.42 Å². The van der Waals surface area contributed by atoms with Crippen molar-refractivity contribution in [3.63, 3.8) is 0 Å². The predicted octanol–water partition coefficient (Wildman–Crippen LogP) is 0.530. The molecule has 0 aromatic rings. The minimum Gasteiger partial charge on any atom is -0.274 e. The van der Waals surface area contributed by atoms with Gasteiger partial charge in [-0.3, -0.25) is 9.52 Å². The van der Waals surface area contributed by atoms with E-state index in [4.69, 9.17) is 0 Å². The minimum absolute atomic E-state index is 0.651. The number of hydrogen-bond acceptors (Lipinski definition) is 3. The van der Waals surface area contributed by atoms with Crippen molar-refractivity contribution >= 4 is 15.9 Å². The largest absolute Gasteiger partial charge is 0.302 e. The molecule has 0 unspecified atom stereocenters. The molecular formula is C5H6F3NO3S. The van der Waals surface area contributed by atoms with E-state index in [1.165, 1.54) is 4.72 Å². The third kappa shape index (κ3) is 6.14. The molecule has 1 N–H and O–H groups in total. The third-order valence-corrected chi connectivity index (χ3v) is 1.42. The monoisotopic (exact) mass is 217 g/mol. The zero-order chi connectivity index (χ0) is 10.6. The van der Waals surface area contributed by atoms with Gasteiger partial charge in [0.1, 0.15) is 0 Å². The van der Waals surface area contributed by atoms with Crippen molar-refractivity contribution in [2.75, 3.05) is 6.26 Å². The first kappa shape index (κ1) is 11.9. The van der Waals surface area contributed by atoms with Gasteiger partial charge in [-0.15, -0.1) is 0 Å². The summed E-state index contributed by atoms with van der Waals surface area (Å²) in [6.45, 7) is 0. The molecule has 76 valence electrons. The lowest BCUT2D eigenvalue weighted by atomic mass is 10.4. The highest BCUT2D eigenvalue weighted by atomic mass is 32.2. The van der Waals surface area contributed by atoms with E-state index in [2.05, 4.69) is 0 Å². The smallest absolute Gasteiger partial charge is 0.274 e. The zero-order valence-electron chi connectivity index (χ0n) is 6.47. The quantitative estimate of drug-likeness (QED) is 0.750. The number of nitrogens with one attached hydrogen (secondary N) is 1. The Balaban J connectivity index is 4.28. The highest BCUT2D eigenvalue weighted by Crippen LogP contribution is 2.12. The fourth-order valence-electron chi connectivity index (χ4n) is 0.451. The van der Waals surface area contributed by atoms with E-state index < -0.39 is 34.3 Å². The maximum atomic E-state index is 12.0. The van der Waals surface area contributed by atoms with E-state index in [1.807, 2.05) is 0 Å². The first-order chi connectivity index (χ1) is 5.72. The molecular weight excluding hydrogens is 211 g/mol. The van der Waals surface area contributed by atoms with Crippen LogP contribution in [0.2, 0.25) is 0 Å². The second-order valence-electron chi connectivity index (χ2n) is 2.14. The molecule has 0 saturated heterocycles. The SMILES string of the molecule is CS(=O)(=O)NC(=O)CC(F)=C(F)F. The van der Waals surface area contributed by atoms with Gasteiger partial charge < -0.3 is 0 Å². The Hall–Kier alpha value is -1.05. The summed E-state index contributed by atoms with van der Waals surface area (Å²) in [6.07, 6.45) is -3.27. The van der Waals surface area contributed by atoms with Gasteiger partial charge in [0.25, 0.3) is 0 Å². The summed E-state index contributed by atoms with van der Waals surface area (Å²) in [7, 11) is -3.83. The molecule has 0 rings (SSSR count). The lowest BCUT2D eigenvalue weighted by Crippen LogP contribution is -2.29. The van der Waals surface area contributed by atoms with E-state index in [-0.39, 0.29) is 0 Å². The number of sulfonamides is 1. The summed E-state index contributed by atoms with van der Waals surface area (Å²) < 4.78 is 56.8. The molecule has 0 aliphatic heterocycles. The number of amides is 1. The van der Waals surface area contributed by atoms with E-state index in [1.54, 1.807) is 0 Å². The lowest BCUT2D eigenvalue weighted by Gasteiger charge is -1.99. The number of carbonyl (C=O) groups is 1. The number of halogens is 3. The maximum Gasteiger partial charge on any atom is 0.302 e. The van der Waals surface area contributed by atoms with Gasteiger partial charge in [0.15, 0.2) is 5.83 Å². The fourth-order valence-corrected chi connectivity index (χ4v) is 0.936. The van der Waals surface area contributed by atoms with Gasteiger partial charge in [-0.2, -0.15) is 8.78 Å². The van der Waals surface area contributed by atoms with Crippen molar-refractivity contribution in [1.82, 2.24) is 4.72 Å². The molecule has 0 spiro atoms. The number of carbonyl (C=O) groups excluding carboxylic acids is 1. The first-order valence-electron chi connectivity index (χ1n) is 2.92. The van der Waals surface area contributed by atoms with Gasteiger partial charge in [0, 0.05) is 0 Å². The zero-order valence-corrected chi connectivity index (χ0v) is 7.29. The Bertz CT molecular complexity index is 331. The average molecular weight is 217 g/mol. The van der Waals surface area contributed by atoms with E-state index in [0.717, 1.165) is 0 Å². The Morgan fingerprint density at radius 3 is 2.08 bits per heavy atom. The van der Waals surface area contributed by atoms with Crippen molar-refractivity contribution < 1.29 is 26.4 Å². The van der Waals surface area contributed by atoms with E-state index in [9.17, 15) is 26.4 Å². The Morgan fingerprint density at radius 1 is 1.31 bits per heavy atom. The Kier molecular flexibility index (Phi) is 3.92. The van der Waals surface area contributed by atoms with Gasteiger partial charge in [0.05, 0.1) is 12.7 Å². The molecule has 0 atom stereocenters. The molecule has 0 fully saturated rings. The highest BCUT2D eigenvalue weighted by molar-refractivity contribution is 7.89. The van der Waals surface area contributed by atoms with E-state index in [0.29, 0.717) is 6.26 Å². The van der Waals surface area contributed by atoms with Crippen molar-refractivity contribution in [2.45, 2.75) is 6.42 Å². The van der Waals surface area contributed by atoms with Gasteiger partial charge in [0.2, 0.25) is 15.9 Å². The summed E-state index contributed by atoms with van der Waals surface area (Å²) in [6, 6.07) is 0. The highest BCUT2D eigenvalue weighted by Gasteiger charge is 2.14. The Labute approximate surface area is 72.5 Å². The average Bonchev–Trinajstić information content (AvgIpc) is 1.81. The molecule has 8 heteroatoms. The normalized spacial score (nSPS) is 10.8. The minimum atomic E-state index is -3.83. The van der Waals surface area contributed by atoms with Crippen LogP contribution in [0.15, 0.2) is 11.9 Å². The molecule has 0 bridgehead atoms. The molecule has 0 aromatic carbocycles. The molecule has 0 heterocycles. The van der Waals surface area contributed by atoms with Gasteiger partial charge in [-0.25, -0.2) is 12.8 Å². The van der Waals surface area contributed by atoms with Crippen LogP contribution in [0.3, 0.4) is 0 Å². The second kappa shape index (κ2) is 4.26. The van der Waals surface area contributed by atoms with Crippen LogP contribution in [0.5, 0.6) is 0 Å². The molecule has 0 radical (unpaired) electrons. The fraction of sp³-hybridized carbons (Fsp3) is 0.400. The van der Waals surface area contributed by atoms with Crippen LogP contribution in [0.4, 0.5) is 13.2 Å². The van der Waals surface area contributed by atoms with Crippen LogP contribution in [0.25, 0.3) is 0 Å². The van der Waals surface area contributed by atoms with Crippen molar-refractivity contribution in [3.05, 3.63) is 11.9 Å². The number of hydrogen-bond donors (Lipinski definition) is 1. The summed E-state index contributed by atoms with van der Waals surface area (Å²) in [5.74, 6) is -3.28. The molecule has 1 amide bonds. The standard InChI is InChI=1S/C5H6F3NO3S/c1-13(11,12)9-4(10)2-3(6)5(7)8/h2H2,1H3,(H,9,10). The van der Waals surface area contributed by atoms with E-state index >= 15 is 0 Å². The first-order valence-corrected chi connectivity index (χ1v) is 4.82. The Morgan fingerprint density at radius 2 is 1.77 bits per heavy atom. The number of rotatable bonds is 3. The summed E-state index contributed by atoms with van der Waals surface area (Å²) in [4.78, 5) is 10.5. The topological polar surface area (TPSA) is 63.2 Å². The van der Waals surface area contributed by atoms with Crippen molar-refractivity contribution in [1.29, 1.82) is 0 Å². The molecule has 0 aliphatic rings. The molecule has 13 heavy (non-hydrogen) atoms. The third-order valence-electron chi connectivity index (χ3n) is 0.820.